The fraction of sp³-hybridized carbons (Fsp3) is 0.933. The van der Waals surface area contributed by atoms with Crippen molar-refractivity contribution in [2.75, 3.05) is 13.2 Å². The van der Waals surface area contributed by atoms with E-state index in [9.17, 15) is 9.90 Å². The molecule has 2 aliphatic rings. The van der Waals surface area contributed by atoms with Crippen LogP contribution in [-0.2, 0) is 4.79 Å². The zero-order chi connectivity index (χ0) is 13.7. The van der Waals surface area contributed by atoms with Crippen LogP contribution in [0.2, 0.25) is 0 Å². The predicted molar refractivity (Wildman–Crippen MR) is 75.5 cm³/mol. The van der Waals surface area contributed by atoms with Gasteiger partial charge in [-0.3, -0.25) is 4.79 Å². The third-order valence-corrected chi connectivity index (χ3v) is 5.14. The summed E-state index contributed by atoms with van der Waals surface area (Å²) in [6, 6.07) is 0.501. The van der Waals surface area contributed by atoms with E-state index in [0.717, 1.165) is 45.1 Å². The van der Waals surface area contributed by atoms with Crippen molar-refractivity contribution in [1.29, 1.82) is 0 Å². The molecule has 0 radical (unpaired) electrons. The molecule has 0 saturated heterocycles. The van der Waals surface area contributed by atoms with Gasteiger partial charge in [0.1, 0.15) is 0 Å². The van der Waals surface area contributed by atoms with Gasteiger partial charge >= 0.3 is 0 Å². The molecule has 0 unspecified atom stereocenters. The largest absolute Gasteiger partial charge is 0.396 e. The molecule has 0 heterocycles. The summed E-state index contributed by atoms with van der Waals surface area (Å²) in [4.78, 5) is 11.1. The molecule has 110 valence electrons. The van der Waals surface area contributed by atoms with Crippen molar-refractivity contribution in [2.45, 2.75) is 63.8 Å². The lowest BCUT2D eigenvalue weighted by molar-refractivity contribution is -0.122. The molecule has 4 heteroatoms. The maximum absolute atomic E-state index is 11.1. The van der Waals surface area contributed by atoms with E-state index in [0.29, 0.717) is 12.6 Å². The van der Waals surface area contributed by atoms with Gasteiger partial charge in [0.2, 0.25) is 5.91 Å². The molecule has 1 amide bonds. The van der Waals surface area contributed by atoms with Crippen LogP contribution in [0.4, 0.5) is 0 Å². The average molecular weight is 268 g/mol. The van der Waals surface area contributed by atoms with Crippen LogP contribution in [0.25, 0.3) is 0 Å². The number of aliphatic hydroxyl groups is 1. The van der Waals surface area contributed by atoms with E-state index in [4.69, 9.17) is 5.73 Å². The van der Waals surface area contributed by atoms with Crippen molar-refractivity contribution >= 4 is 5.91 Å². The van der Waals surface area contributed by atoms with E-state index in [1.165, 1.54) is 19.3 Å². The summed E-state index contributed by atoms with van der Waals surface area (Å²) in [6.45, 7) is 1.23. The number of hydrogen-bond acceptors (Lipinski definition) is 3. The summed E-state index contributed by atoms with van der Waals surface area (Å²) in [5.41, 5.74) is 5.46. The van der Waals surface area contributed by atoms with E-state index in [1.54, 1.807) is 0 Å². The normalized spacial score (nSPS) is 31.0. The molecular weight excluding hydrogens is 240 g/mol. The molecule has 0 aromatic rings. The molecule has 4 nitrogen and oxygen atoms in total. The van der Waals surface area contributed by atoms with Crippen molar-refractivity contribution in [3.8, 4) is 0 Å². The highest BCUT2D eigenvalue weighted by molar-refractivity contribution is 5.76. The Balaban J connectivity index is 1.75. The zero-order valence-electron chi connectivity index (χ0n) is 11.9. The fourth-order valence-corrected chi connectivity index (χ4v) is 3.64. The Bertz CT molecular complexity index is 293. The van der Waals surface area contributed by atoms with E-state index in [-0.39, 0.29) is 17.2 Å². The maximum atomic E-state index is 11.1. The van der Waals surface area contributed by atoms with Crippen LogP contribution >= 0.6 is 0 Å². The highest BCUT2D eigenvalue weighted by Crippen LogP contribution is 2.35. The van der Waals surface area contributed by atoms with Gasteiger partial charge in [0.05, 0.1) is 0 Å². The number of carbonyl (C=O) groups excluding carboxylic acids is 1. The Morgan fingerprint density at radius 1 is 1.16 bits per heavy atom. The second-order valence-electron chi connectivity index (χ2n) is 6.55. The number of carbonyl (C=O) groups is 1. The first kappa shape index (κ1) is 14.8. The van der Waals surface area contributed by atoms with Gasteiger partial charge in [-0.2, -0.15) is 0 Å². The van der Waals surface area contributed by atoms with Gasteiger partial charge in [0.15, 0.2) is 0 Å². The molecular formula is C15H28N2O2. The topological polar surface area (TPSA) is 75.4 Å². The minimum Gasteiger partial charge on any atom is -0.396 e. The zero-order valence-corrected chi connectivity index (χ0v) is 11.9. The van der Waals surface area contributed by atoms with Gasteiger partial charge in [0.25, 0.3) is 0 Å². The average Bonchev–Trinajstić information content (AvgIpc) is 2.46. The summed E-state index contributed by atoms with van der Waals surface area (Å²) in [7, 11) is 0. The third kappa shape index (κ3) is 3.93. The van der Waals surface area contributed by atoms with E-state index < -0.39 is 0 Å². The SMILES string of the molecule is NC(=O)C1CCC(NCC2(CO)CCCCC2)CC1. The van der Waals surface area contributed by atoms with Crippen LogP contribution in [0, 0.1) is 11.3 Å². The highest BCUT2D eigenvalue weighted by atomic mass is 16.3. The Labute approximate surface area is 116 Å². The van der Waals surface area contributed by atoms with Crippen molar-refractivity contribution < 1.29 is 9.90 Å². The molecule has 0 aromatic carbocycles. The predicted octanol–water partition coefficient (Wildman–Crippen LogP) is 1.56. The van der Waals surface area contributed by atoms with Crippen molar-refractivity contribution in [2.24, 2.45) is 17.1 Å². The standard InChI is InChI=1S/C15H28N2O2/c16-14(19)12-4-6-13(7-5-12)17-10-15(11-18)8-2-1-3-9-15/h12-13,17-18H,1-11H2,(H2,16,19). The quantitative estimate of drug-likeness (QED) is 0.708. The lowest BCUT2D eigenvalue weighted by atomic mass is 9.74. The van der Waals surface area contributed by atoms with E-state index in [1.807, 2.05) is 0 Å². The summed E-state index contributed by atoms with van der Waals surface area (Å²) in [5.74, 6) is -0.0582. The number of rotatable bonds is 5. The van der Waals surface area contributed by atoms with Crippen molar-refractivity contribution in [1.82, 2.24) is 5.32 Å². The summed E-state index contributed by atoms with van der Waals surface area (Å²) in [6.07, 6.45) is 10.0. The van der Waals surface area contributed by atoms with Crippen LogP contribution in [0.15, 0.2) is 0 Å². The van der Waals surface area contributed by atoms with Gasteiger partial charge in [-0.15, -0.1) is 0 Å². The minimum absolute atomic E-state index is 0.0829. The van der Waals surface area contributed by atoms with Gasteiger partial charge in [-0.1, -0.05) is 19.3 Å². The molecule has 0 aromatic heterocycles. The van der Waals surface area contributed by atoms with Crippen LogP contribution < -0.4 is 11.1 Å². The molecule has 0 spiro atoms. The highest BCUT2D eigenvalue weighted by Gasteiger charge is 2.32. The first-order valence-corrected chi connectivity index (χ1v) is 7.79. The Morgan fingerprint density at radius 3 is 2.32 bits per heavy atom. The van der Waals surface area contributed by atoms with Gasteiger partial charge in [-0.05, 0) is 38.5 Å². The number of aliphatic hydroxyl groups excluding tert-OH is 1. The number of amides is 1. The molecule has 0 bridgehead atoms. The Hall–Kier alpha value is -0.610. The van der Waals surface area contributed by atoms with Gasteiger partial charge in [0, 0.05) is 30.5 Å². The second kappa shape index (κ2) is 6.71. The Kier molecular flexibility index (Phi) is 5.22. The van der Waals surface area contributed by atoms with E-state index >= 15 is 0 Å². The number of nitrogens with one attached hydrogen (secondary N) is 1. The van der Waals surface area contributed by atoms with Crippen LogP contribution in [0.5, 0.6) is 0 Å². The molecule has 2 rings (SSSR count). The molecule has 4 N–H and O–H groups in total. The van der Waals surface area contributed by atoms with Crippen LogP contribution in [0.1, 0.15) is 57.8 Å². The van der Waals surface area contributed by atoms with Crippen LogP contribution in [-0.4, -0.2) is 30.2 Å². The van der Waals surface area contributed by atoms with Gasteiger partial charge in [-0.25, -0.2) is 0 Å². The van der Waals surface area contributed by atoms with Gasteiger partial charge < -0.3 is 16.2 Å². The monoisotopic (exact) mass is 268 g/mol. The van der Waals surface area contributed by atoms with Crippen LogP contribution in [0.3, 0.4) is 0 Å². The summed E-state index contributed by atoms with van der Waals surface area (Å²) >= 11 is 0. The molecule has 0 aliphatic heterocycles. The fourth-order valence-electron chi connectivity index (χ4n) is 3.64. The molecule has 2 aliphatic carbocycles. The second-order valence-corrected chi connectivity index (χ2v) is 6.55. The number of hydrogen-bond donors (Lipinski definition) is 3. The smallest absolute Gasteiger partial charge is 0.220 e. The van der Waals surface area contributed by atoms with Crippen molar-refractivity contribution in [3.05, 3.63) is 0 Å². The Morgan fingerprint density at radius 2 is 1.79 bits per heavy atom. The first-order valence-electron chi connectivity index (χ1n) is 7.79. The molecule has 19 heavy (non-hydrogen) atoms. The van der Waals surface area contributed by atoms with Crippen molar-refractivity contribution in [3.63, 3.8) is 0 Å². The lowest BCUT2D eigenvalue weighted by Crippen LogP contribution is -2.44. The minimum atomic E-state index is -0.141. The summed E-state index contributed by atoms with van der Waals surface area (Å²) < 4.78 is 0. The maximum Gasteiger partial charge on any atom is 0.220 e. The first-order chi connectivity index (χ1) is 9.15. The molecule has 2 saturated carbocycles. The summed E-state index contributed by atoms with van der Waals surface area (Å²) in [5, 5.41) is 13.3. The molecule has 2 fully saturated rings. The molecule has 0 atom stereocenters. The third-order valence-electron chi connectivity index (χ3n) is 5.14. The number of primary amides is 1. The van der Waals surface area contributed by atoms with E-state index in [2.05, 4.69) is 5.32 Å². The number of nitrogens with two attached hydrogens (primary N) is 1. The lowest BCUT2D eigenvalue weighted by Gasteiger charge is -2.38.